The van der Waals surface area contributed by atoms with Crippen LogP contribution in [0.2, 0.25) is 0 Å². The van der Waals surface area contributed by atoms with Crippen LogP contribution in [0, 0.1) is 5.92 Å². The molecule has 206 valence electrons. The predicted molar refractivity (Wildman–Crippen MR) is 148 cm³/mol. The fraction of sp³-hybridized carbons (Fsp3) is 0.481. The van der Waals surface area contributed by atoms with E-state index in [1.54, 1.807) is 26.2 Å². The Bertz CT molecular complexity index is 1350. The molecule has 1 fully saturated rings. The van der Waals surface area contributed by atoms with Gasteiger partial charge in [0.1, 0.15) is 5.82 Å². The lowest BCUT2D eigenvalue weighted by Gasteiger charge is -2.25. The highest BCUT2D eigenvalue weighted by atomic mass is 32.2. The molecule has 4 rings (SSSR count). The highest BCUT2D eigenvalue weighted by Gasteiger charge is 2.26. The van der Waals surface area contributed by atoms with E-state index in [1.165, 1.54) is 23.5 Å². The lowest BCUT2D eigenvalue weighted by atomic mass is 10.00. The summed E-state index contributed by atoms with van der Waals surface area (Å²) >= 11 is 0. The third-order valence-corrected chi connectivity index (χ3v) is 8.82. The summed E-state index contributed by atoms with van der Waals surface area (Å²) in [7, 11) is -0.639. The normalized spacial score (nSPS) is 15.4. The van der Waals surface area contributed by atoms with Crippen LogP contribution in [0.1, 0.15) is 38.4 Å². The summed E-state index contributed by atoms with van der Waals surface area (Å²) in [6.07, 6.45) is 2.02. The van der Waals surface area contributed by atoms with Gasteiger partial charge < -0.3 is 24.7 Å². The first kappa shape index (κ1) is 27.9. The van der Waals surface area contributed by atoms with E-state index < -0.39 is 10.0 Å². The molecule has 0 bridgehead atoms. The number of amides is 2. The zero-order valence-electron chi connectivity index (χ0n) is 22.4. The number of rotatable bonds is 10. The number of carbonyl (C=O) groups is 1. The summed E-state index contributed by atoms with van der Waals surface area (Å²) in [4.78, 5) is 16.7. The van der Waals surface area contributed by atoms with Gasteiger partial charge in [0.25, 0.3) is 10.0 Å². The smallest absolute Gasteiger partial charge is 0.318 e. The van der Waals surface area contributed by atoms with Gasteiger partial charge in [-0.3, -0.25) is 4.31 Å². The molecule has 1 aromatic heterocycles. The van der Waals surface area contributed by atoms with Crippen molar-refractivity contribution in [2.24, 2.45) is 5.92 Å². The Morgan fingerprint density at radius 1 is 1.21 bits per heavy atom. The second-order valence-corrected chi connectivity index (χ2v) is 11.4. The molecule has 0 saturated carbocycles. The van der Waals surface area contributed by atoms with E-state index in [2.05, 4.69) is 22.1 Å². The number of hydrogen-bond acceptors (Lipinski definition) is 6. The standard InChI is InChI=1S/C27H37N5O5S/c1-5-32(38(34,35)23-9-6-21(7-10-23)29-27(33)28-3)22-8-11-25-24(16-22)30-26(19(2)18-36-4)31(25)17-20-12-14-37-15-13-20/h6-11,16,19-20H,5,12-15,17-18H2,1-4H3,(H2,28,29,33). The number of methoxy groups -OCH3 is 1. The topological polar surface area (TPSA) is 115 Å². The number of carbonyl (C=O) groups excluding carboxylic acids is 1. The summed E-state index contributed by atoms with van der Waals surface area (Å²) in [5.74, 6) is 1.53. The van der Waals surface area contributed by atoms with Crippen molar-refractivity contribution in [3.05, 3.63) is 48.3 Å². The molecule has 2 heterocycles. The van der Waals surface area contributed by atoms with Crippen molar-refractivity contribution in [3.63, 3.8) is 0 Å². The minimum Gasteiger partial charge on any atom is -0.384 e. The van der Waals surface area contributed by atoms with Crippen LogP contribution in [0.5, 0.6) is 0 Å². The fourth-order valence-electron chi connectivity index (χ4n) is 4.89. The molecular formula is C27H37N5O5S. The Kier molecular flexibility index (Phi) is 8.91. The summed E-state index contributed by atoms with van der Waals surface area (Å²) in [5.41, 5.74) is 2.79. The van der Waals surface area contributed by atoms with Crippen molar-refractivity contribution in [1.29, 1.82) is 0 Å². The molecule has 0 aliphatic carbocycles. The number of sulfonamides is 1. The van der Waals surface area contributed by atoms with Crippen LogP contribution < -0.4 is 14.9 Å². The van der Waals surface area contributed by atoms with Crippen molar-refractivity contribution in [1.82, 2.24) is 14.9 Å². The van der Waals surface area contributed by atoms with E-state index in [9.17, 15) is 13.2 Å². The summed E-state index contributed by atoms with van der Waals surface area (Å²) < 4.78 is 41.8. The number of ether oxygens (including phenoxy) is 2. The number of anilines is 2. The van der Waals surface area contributed by atoms with E-state index >= 15 is 0 Å². The maximum atomic E-state index is 13.6. The number of aromatic nitrogens is 2. The molecule has 1 aliphatic rings. The quantitative estimate of drug-likeness (QED) is 0.397. The fourth-order valence-corrected chi connectivity index (χ4v) is 6.36. The Balaban J connectivity index is 1.67. The van der Waals surface area contributed by atoms with E-state index in [-0.39, 0.29) is 23.4 Å². The molecule has 2 amide bonds. The van der Waals surface area contributed by atoms with Crippen molar-refractivity contribution in [2.45, 2.75) is 44.0 Å². The summed E-state index contributed by atoms with van der Waals surface area (Å²) in [5, 5.41) is 5.10. The second kappa shape index (κ2) is 12.1. The first-order valence-corrected chi connectivity index (χ1v) is 14.4. The average Bonchev–Trinajstić information content (AvgIpc) is 3.27. The van der Waals surface area contributed by atoms with E-state index in [0.717, 1.165) is 49.5 Å². The molecule has 1 unspecified atom stereocenters. The van der Waals surface area contributed by atoms with Crippen molar-refractivity contribution < 1.29 is 22.7 Å². The maximum absolute atomic E-state index is 13.6. The molecule has 2 N–H and O–H groups in total. The minimum atomic E-state index is -3.84. The second-order valence-electron chi connectivity index (χ2n) is 9.56. The van der Waals surface area contributed by atoms with Gasteiger partial charge in [-0.2, -0.15) is 0 Å². The molecule has 3 aromatic rings. The largest absolute Gasteiger partial charge is 0.384 e. The van der Waals surface area contributed by atoms with Gasteiger partial charge in [-0.25, -0.2) is 18.2 Å². The van der Waals surface area contributed by atoms with Crippen LogP contribution in [0.25, 0.3) is 11.0 Å². The van der Waals surface area contributed by atoms with Crippen molar-refractivity contribution in [3.8, 4) is 0 Å². The Hall–Kier alpha value is -3.15. The summed E-state index contributed by atoms with van der Waals surface area (Å²) in [6.45, 7) is 7.09. The molecule has 1 atom stereocenters. The average molecular weight is 544 g/mol. The van der Waals surface area contributed by atoms with Gasteiger partial charge in [-0.15, -0.1) is 0 Å². The zero-order valence-corrected chi connectivity index (χ0v) is 23.3. The molecule has 10 nitrogen and oxygen atoms in total. The number of imidazole rings is 1. The minimum absolute atomic E-state index is 0.0867. The SMILES string of the molecule is CCN(c1ccc2c(c1)nc(C(C)COC)n2CC1CCOCC1)S(=O)(=O)c1ccc(NC(=O)NC)cc1. The third-order valence-electron chi connectivity index (χ3n) is 6.90. The number of hydrogen-bond donors (Lipinski definition) is 2. The third kappa shape index (κ3) is 5.95. The molecular weight excluding hydrogens is 506 g/mol. The van der Waals surface area contributed by atoms with Crippen LogP contribution in [0.3, 0.4) is 0 Å². The number of urea groups is 1. The molecule has 1 saturated heterocycles. The van der Waals surface area contributed by atoms with Crippen molar-refractivity contribution in [2.75, 3.05) is 50.1 Å². The number of nitrogens with one attached hydrogen (secondary N) is 2. The highest BCUT2D eigenvalue weighted by molar-refractivity contribution is 7.92. The van der Waals surface area contributed by atoms with Crippen LogP contribution in [0.15, 0.2) is 47.4 Å². The number of fused-ring (bicyclic) bond motifs is 1. The van der Waals surface area contributed by atoms with Gasteiger partial charge in [0, 0.05) is 52.1 Å². The van der Waals surface area contributed by atoms with Gasteiger partial charge in [0.2, 0.25) is 0 Å². The zero-order chi connectivity index (χ0) is 27.3. The molecule has 11 heteroatoms. The van der Waals surface area contributed by atoms with Gasteiger partial charge in [0.05, 0.1) is 28.2 Å². The van der Waals surface area contributed by atoms with Crippen molar-refractivity contribution >= 4 is 38.5 Å². The number of nitrogens with zero attached hydrogens (tertiary/aromatic N) is 3. The molecule has 0 radical (unpaired) electrons. The highest BCUT2D eigenvalue weighted by Crippen LogP contribution is 2.31. The first-order chi connectivity index (χ1) is 18.3. The first-order valence-electron chi connectivity index (χ1n) is 13.0. The van der Waals surface area contributed by atoms with E-state index in [0.29, 0.717) is 23.9 Å². The van der Waals surface area contributed by atoms with Crippen LogP contribution >= 0.6 is 0 Å². The van der Waals surface area contributed by atoms with Gasteiger partial charge in [0.15, 0.2) is 0 Å². The Morgan fingerprint density at radius 2 is 1.92 bits per heavy atom. The lowest BCUT2D eigenvalue weighted by Crippen LogP contribution is -2.30. The maximum Gasteiger partial charge on any atom is 0.318 e. The summed E-state index contributed by atoms with van der Waals surface area (Å²) in [6, 6.07) is 11.4. The molecule has 0 spiro atoms. The van der Waals surface area contributed by atoms with E-state index in [4.69, 9.17) is 14.5 Å². The van der Waals surface area contributed by atoms with E-state index in [1.807, 2.05) is 18.2 Å². The van der Waals surface area contributed by atoms with Crippen LogP contribution in [0.4, 0.5) is 16.2 Å². The molecule has 38 heavy (non-hydrogen) atoms. The van der Waals surface area contributed by atoms with Gasteiger partial charge in [-0.05, 0) is 68.1 Å². The van der Waals surface area contributed by atoms with Crippen LogP contribution in [-0.2, 0) is 26.0 Å². The molecule has 2 aromatic carbocycles. The van der Waals surface area contributed by atoms with Gasteiger partial charge >= 0.3 is 6.03 Å². The Morgan fingerprint density at radius 3 is 2.55 bits per heavy atom. The van der Waals surface area contributed by atoms with Gasteiger partial charge in [-0.1, -0.05) is 6.92 Å². The van der Waals surface area contributed by atoms with Crippen LogP contribution in [-0.4, -0.2) is 64.5 Å². The number of benzene rings is 2. The molecule has 1 aliphatic heterocycles. The monoisotopic (exact) mass is 543 g/mol. The predicted octanol–water partition coefficient (Wildman–Crippen LogP) is 4.18. The lowest BCUT2D eigenvalue weighted by molar-refractivity contribution is 0.0611. The Labute approximate surface area is 224 Å².